The second-order valence-electron chi connectivity index (χ2n) is 6.84. The summed E-state index contributed by atoms with van der Waals surface area (Å²) in [7, 11) is 1.55. The number of benzene rings is 2. The second-order valence-corrected chi connectivity index (χ2v) is 6.84. The Hall–Kier alpha value is -3.48. The lowest BCUT2D eigenvalue weighted by Gasteiger charge is -2.25. The first-order valence-electron chi connectivity index (χ1n) is 9.37. The number of hydrogen-bond acceptors (Lipinski definition) is 6. The van der Waals surface area contributed by atoms with Gasteiger partial charge >= 0.3 is 0 Å². The monoisotopic (exact) mass is 395 g/mol. The number of carbonyl (C=O) groups is 2. The predicted octanol–water partition coefficient (Wildman–Crippen LogP) is 3.26. The van der Waals surface area contributed by atoms with Crippen LogP contribution in [0.15, 0.2) is 48.0 Å². The Morgan fingerprint density at radius 3 is 2.72 bits per heavy atom. The Bertz CT molecular complexity index is 1010. The molecule has 0 bridgehead atoms. The van der Waals surface area contributed by atoms with Crippen LogP contribution in [0.1, 0.15) is 30.5 Å². The van der Waals surface area contributed by atoms with Crippen molar-refractivity contribution in [2.45, 2.75) is 19.4 Å². The van der Waals surface area contributed by atoms with Crippen molar-refractivity contribution in [2.75, 3.05) is 20.4 Å². The van der Waals surface area contributed by atoms with E-state index >= 15 is 0 Å². The van der Waals surface area contributed by atoms with Gasteiger partial charge in [0.1, 0.15) is 11.5 Å². The molecule has 2 aliphatic heterocycles. The van der Waals surface area contributed by atoms with E-state index in [1.807, 2.05) is 13.0 Å². The molecule has 1 atom stereocenters. The van der Waals surface area contributed by atoms with Crippen LogP contribution in [0.5, 0.6) is 17.2 Å². The summed E-state index contributed by atoms with van der Waals surface area (Å²) in [5.41, 5.74) is 1.13. The molecular formula is C22H21NO6. The number of rotatable bonds is 5. The maximum atomic E-state index is 12.9. The molecular weight excluding hydrogens is 374 g/mol. The molecule has 1 unspecified atom stereocenters. The van der Waals surface area contributed by atoms with Crippen molar-refractivity contribution in [2.24, 2.45) is 0 Å². The van der Waals surface area contributed by atoms with Gasteiger partial charge in [0.25, 0.3) is 11.7 Å². The molecule has 1 N–H and O–H groups in total. The molecule has 1 amide bonds. The molecule has 1 fully saturated rings. The highest BCUT2D eigenvalue weighted by atomic mass is 16.7. The van der Waals surface area contributed by atoms with E-state index in [2.05, 4.69) is 0 Å². The fraction of sp³-hybridized carbons (Fsp3) is 0.273. The summed E-state index contributed by atoms with van der Waals surface area (Å²) in [6.07, 6.45) is 0.678. The van der Waals surface area contributed by atoms with Crippen molar-refractivity contribution in [3.8, 4) is 17.2 Å². The first-order valence-corrected chi connectivity index (χ1v) is 9.37. The Labute approximate surface area is 168 Å². The lowest BCUT2D eigenvalue weighted by atomic mass is 9.95. The van der Waals surface area contributed by atoms with Crippen LogP contribution in [0.3, 0.4) is 0 Å². The van der Waals surface area contributed by atoms with Crippen LogP contribution in [-0.2, 0) is 9.59 Å². The standard InChI is InChI=1S/C22H21NO6/c1-3-9-23-19(13-5-4-6-15(10-13)27-2)18(21(25)22(23)26)20(24)14-7-8-16-17(11-14)29-12-28-16/h4-8,10-11,19,24H,3,9,12H2,1-2H3/b20-18-. The van der Waals surface area contributed by atoms with E-state index in [-0.39, 0.29) is 18.1 Å². The molecule has 0 aliphatic carbocycles. The Kier molecular flexibility index (Phi) is 4.88. The summed E-state index contributed by atoms with van der Waals surface area (Å²) in [5.74, 6) is 0.0798. The molecule has 0 aromatic heterocycles. The molecule has 150 valence electrons. The highest BCUT2D eigenvalue weighted by Crippen LogP contribution is 2.42. The Balaban J connectivity index is 1.86. The predicted molar refractivity (Wildman–Crippen MR) is 105 cm³/mol. The first-order chi connectivity index (χ1) is 14.0. The number of nitrogens with zero attached hydrogens (tertiary/aromatic N) is 1. The van der Waals surface area contributed by atoms with Gasteiger partial charge in [0.05, 0.1) is 18.7 Å². The van der Waals surface area contributed by atoms with Crippen LogP contribution in [-0.4, -0.2) is 42.1 Å². The van der Waals surface area contributed by atoms with Gasteiger partial charge in [0.2, 0.25) is 6.79 Å². The lowest BCUT2D eigenvalue weighted by molar-refractivity contribution is -0.139. The second kappa shape index (κ2) is 7.50. The van der Waals surface area contributed by atoms with Gasteiger partial charge in [-0.3, -0.25) is 9.59 Å². The first kappa shape index (κ1) is 18.9. The summed E-state index contributed by atoms with van der Waals surface area (Å²) in [6.45, 7) is 2.43. The van der Waals surface area contributed by atoms with Gasteiger partial charge < -0.3 is 24.2 Å². The van der Waals surface area contributed by atoms with Gasteiger partial charge in [0, 0.05) is 12.1 Å². The van der Waals surface area contributed by atoms with Crippen molar-refractivity contribution in [3.05, 3.63) is 59.2 Å². The molecule has 29 heavy (non-hydrogen) atoms. The number of likely N-dealkylation sites (tertiary alicyclic amines) is 1. The molecule has 2 aromatic carbocycles. The third kappa shape index (κ3) is 3.18. The summed E-state index contributed by atoms with van der Waals surface area (Å²) in [6, 6.07) is 11.4. The van der Waals surface area contributed by atoms with E-state index in [9.17, 15) is 14.7 Å². The third-order valence-corrected chi connectivity index (χ3v) is 5.06. The Morgan fingerprint density at radius 2 is 1.97 bits per heavy atom. The number of amides is 1. The van der Waals surface area contributed by atoms with Crippen molar-refractivity contribution in [1.82, 2.24) is 4.90 Å². The van der Waals surface area contributed by atoms with E-state index in [4.69, 9.17) is 14.2 Å². The molecule has 0 radical (unpaired) electrons. The van der Waals surface area contributed by atoms with E-state index in [1.54, 1.807) is 43.5 Å². The average molecular weight is 395 g/mol. The summed E-state index contributed by atoms with van der Waals surface area (Å²) in [4.78, 5) is 27.1. The van der Waals surface area contributed by atoms with Gasteiger partial charge in [-0.05, 0) is 42.3 Å². The number of aliphatic hydroxyl groups excluding tert-OH is 1. The molecule has 1 saturated heterocycles. The zero-order valence-electron chi connectivity index (χ0n) is 16.2. The maximum absolute atomic E-state index is 12.9. The molecule has 7 nitrogen and oxygen atoms in total. The smallest absolute Gasteiger partial charge is 0.295 e. The average Bonchev–Trinajstić information content (AvgIpc) is 3.31. The molecule has 0 spiro atoms. The van der Waals surface area contributed by atoms with Crippen LogP contribution in [0.4, 0.5) is 0 Å². The number of methoxy groups -OCH3 is 1. The third-order valence-electron chi connectivity index (χ3n) is 5.06. The maximum Gasteiger partial charge on any atom is 0.295 e. The van der Waals surface area contributed by atoms with Gasteiger partial charge in [-0.1, -0.05) is 19.1 Å². The summed E-state index contributed by atoms with van der Waals surface area (Å²) >= 11 is 0. The van der Waals surface area contributed by atoms with E-state index in [1.165, 1.54) is 4.90 Å². The number of hydrogen-bond donors (Lipinski definition) is 1. The van der Waals surface area contributed by atoms with Gasteiger partial charge in [-0.2, -0.15) is 0 Å². The quantitative estimate of drug-likeness (QED) is 0.475. The molecule has 7 heteroatoms. The Morgan fingerprint density at radius 1 is 1.17 bits per heavy atom. The number of Topliss-reactive ketones (excluding diaryl/α,β-unsaturated/α-hetero) is 1. The van der Waals surface area contributed by atoms with Crippen molar-refractivity contribution >= 4 is 17.4 Å². The van der Waals surface area contributed by atoms with E-state index < -0.39 is 17.7 Å². The topological polar surface area (TPSA) is 85.3 Å². The molecule has 2 aliphatic rings. The van der Waals surface area contributed by atoms with Crippen molar-refractivity contribution in [1.29, 1.82) is 0 Å². The van der Waals surface area contributed by atoms with Crippen LogP contribution in [0, 0.1) is 0 Å². The van der Waals surface area contributed by atoms with Crippen molar-refractivity contribution < 1.29 is 28.9 Å². The van der Waals surface area contributed by atoms with Crippen LogP contribution >= 0.6 is 0 Å². The normalized spacial score (nSPS) is 19.7. The van der Waals surface area contributed by atoms with Crippen molar-refractivity contribution in [3.63, 3.8) is 0 Å². The SMILES string of the molecule is CCCN1C(=O)C(=O)/C(=C(\O)c2ccc3c(c2)OCO3)C1c1cccc(OC)c1. The zero-order valence-corrected chi connectivity index (χ0v) is 16.2. The zero-order chi connectivity index (χ0) is 20.5. The fourth-order valence-corrected chi connectivity index (χ4v) is 3.71. The van der Waals surface area contributed by atoms with E-state index in [0.717, 1.165) is 0 Å². The summed E-state index contributed by atoms with van der Waals surface area (Å²) in [5, 5.41) is 11.0. The van der Waals surface area contributed by atoms with Crippen LogP contribution in [0.25, 0.3) is 5.76 Å². The molecule has 2 aromatic rings. The highest BCUT2D eigenvalue weighted by molar-refractivity contribution is 6.46. The van der Waals surface area contributed by atoms with Gasteiger partial charge in [-0.25, -0.2) is 0 Å². The fourth-order valence-electron chi connectivity index (χ4n) is 3.71. The van der Waals surface area contributed by atoms with Gasteiger partial charge in [0.15, 0.2) is 11.5 Å². The minimum atomic E-state index is -0.707. The summed E-state index contributed by atoms with van der Waals surface area (Å²) < 4.78 is 16.0. The minimum absolute atomic E-state index is 0.0515. The number of carbonyl (C=O) groups excluding carboxylic acids is 2. The number of ketones is 1. The number of aliphatic hydroxyl groups is 1. The highest BCUT2D eigenvalue weighted by Gasteiger charge is 2.45. The molecule has 4 rings (SSSR count). The van der Waals surface area contributed by atoms with Gasteiger partial charge in [-0.15, -0.1) is 0 Å². The number of fused-ring (bicyclic) bond motifs is 1. The van der Waals surface area contributed by atoms with Crippen LogP contribution in [0.2, 0.25) is 0 Å². The lowest BCUT2D eigenvalue weighted by Crippen LogP contribution is -2.30. The largest absolute Gasteiger partial charge is 0.507 e. The van der Waals surface area contributed by atoms with Crippen LogP contribution < -0.4 is 14.2 Å². The molecule has 2 heterocycles. The minimum Gasteiger partial charge on any atom is -0.507 e. The molecule has 0 saturated carbocycles. The van der Waals surface area contributed by atoms with E-state index in [0.29, 0.717) is 41.3 Å². The number of ether oxygens (including phenoxy) is 3.